The number of aliphatic hydroxyl groups is 1. The Hall–Kier alpha value is -0.830. The molecule has 0 rings (SSSR count). The molecule has 0 aromatic heterocycles. The molecular formula is C8H14O3. The van der Waals surface area contributed by atoms with E-state index in [2.05, 4.69) is 4.74 Å². The van der Waals surface area contributed by atoms with E-state index in [0.717, 1.165) is 0 Å². The van der Waals surface area contributed by atoms with E-state index in [4.69, 9.17) is 5.11 Å². The molecule has 3 nitrogen and oxygen atoms in total. The van der Waals surface area contributed by atoms with Crippen LogP contribution >= 0.6 is 0 Å². The number of hydrogen-bond acceptors (Lipinski definition) is 3. The van der Waals surface area contributed by atoms with Crippen molar-refractivity contribution in [1.29, 1.82) is 0 Å². The Labute approximate surface area is 66.7 Å². The molecule has 0 amide bonds. The van der Waals surface area contributed by atoms with Crippen molar-refractivity contribution in [2.24, 2.45) is 0 Å². The quantitative estimate of drug-likeness (QED) is 0.488. The highest BCUT2D eigenvalue weighted by molar-refractivity contribution is 5.81. The van der Waals surface area contributed by atoms with Gasteiger partial charge in [-0.1, -0.05) is 6.08 Å². The molecule has 0 spiro atoms. The Morgan fingerprint density at radius 2 is 2.36 bits per heavy atom. The van der Waals surface area contributed by atoms with Crippen molar-refractivity contribution in [2.45, 2.75) is 25.9 Å². The zero-order valence-electron chi connectivity index (χ0n) is 6.91. The molecule has 0 bridgehead atoms. The number of hydrogen-bond donors (Lipinski definition) is 1. The molecule has 64 valence electrons. The van der Waals surface area contributed by atoms with E-state index in [1.54, 1.807) is 13.0 Å². The van der Waals surface area contributed by atoms with Crippen LogP contribution in [0.1, 0.15) is 19.8 Å². The number of rotatable bonds is 4. The van der Waals surface area contributed by atoms with Crippen LogP contribution in [0, 0.1) is 0 Å². The van der Waals surface area contributed by atoms with Gasteiger partial charge in [0, 0.05) is 6.08 Å². The molecular weight excluding hydrogens is 144 g/mol. The summed E-state index contributed by atoms with van der Waals surface area (Å²) in [6.45, 7) is 1.71. The van der Waals surface area contributed by atoms with Crippen LogP contribution < -0.4 is 0 Å². The third kappa shape index (κ3) is 7.06. The first-order valence-corrected chi connectivity index (χ1v) is 3.59. The first kappa shape index (κ1) is 10.2. The van der Waals surface area contributed by atoms with Crippen LogP contribution in [0.5, 0.6) is 0 Å². The van der Waals surface area contributed by atoms with Gasteiger partial charge in [0.15, 0.2) is 0 Å². The zero-order valence-corrected chi connectivity index (χ0v) is 6.91. The second-order valence-electron chi connectivity index (χ2n) is 2.35. The lowest BCUT2D eigenvalue weighted by Gasteiger charge is -1.97. The van der Waals surface area contributed by atoms with Crippen molar-refractivity contribution in [3.8, 4) is 0 Å². The van der Waals surface area contributed by atoms with Gasteiger partial charge in [0.25, 0.3) is 0 Å². The standard InChI is InChI=1S/C8H14O3/c1-7(9)5-3-4-6-8(10)11-2/h4,6-7,9H,3,5H2,1-2H3/b6-4+. The smallest absolute Gasteiger partial charge is 0.330 e. The molecule has 0 aliphatic rings. The van der Waals surface area contributed by atoms with E-state index in [1.165, 1.54) is 13.2 Å². The molecule has 0 aliphatic heterocycles. The summed E-state index contributed by atoms with van der Waals surface area (Å²) in [6.07, 6.45) is 4.12. The average Bonchev–Trinajstić information content (AvgIpc) is 1.97. The lowest BCUT2D eigenvalue weighted by molar-refractivity contribution is -0.134. The summed E-state index contributed by atoms with van der Waals surface area (Å²) < 4.78 is 4.37. The zero-order chi connectivity index (χ0) is 8.69. The van der Waals surface area contributed by atoms with Crippen molar-refractivity contribution in [1.82, 2.24) is 0 Å². The second kappa shape index (κ2) is 5.92. The maximum absolute atomic E-state index is 10.5. The van der Waals surface area contributed by atoms with Gasteiger partial charge < -0.3 is 9.84 Å². The van der Waals surface area contributed by atoms with Crippen molar-refractivity contribution in [2.75, 3.05) is 7.11 Å². The minimum Gasteiger partial charge on any atom is -0.466 e. The van der Waals surface area contributed by atoms with Crippen LogP contribution in [0.15, 0.2) is 12.2 Å². The van der Waals surface area contributed by atoms with Crippen LogP contribution in [-0.4, -0.2) is 24.3 Å². The molecule has 11 heavy (non-hydrogen) atoms. The van der Waals surface area contributed by atoms with E-state index in [-0.39, 0.29) is 12.1 Å². The van der Waals surface area contributed by atoms with Crippen LogP contribution in [0.3, 0.4) is 0 Å². The van der Waals surface area contributed by atoms with Crippen LogP contribution in [0.4, 0.5) is 0 Å². The molecule has 3 heteroatoms. The van der Waals surface area contributed by atoms with Gasteiger partial charge in [-0.15, -0.1) is 0 Å². The van der Waals surface area contributed by atoms with Crippen molar-refractivity contribution < 1.29 is 14.6 Å². The van der Waals surface area contributed by atoms with Gasteiger partial charge in [-0.3, -0.25) is 0 Å². The molecule has 0 aromatic rings. The number of ether oxygens (including phenoxy) is 1. The Bertz CT molecular complexity index is 138. The third-order valence-electron chi connectivity index (χ3n) is 1.21. The van der Waals surface area contributed by atoms with Gasteiger partial charge in [-0.25, -0.2) is 4.79 Å². The maximum atomic E-state index is 10.5. The fourth-order valence-corrected chi connectivity index (χ4v) is 0.585. The number of methoxy groups -OCH3 is 1. The van der Waals surface area contributed by atoms with Gasteiger partial charge in [-0.05, 0) is 19.8 Å². The van der Waals surface area contributed by atoms with Crippen LogP contribution in [0.25, 0.3) is 0 Å². The molecule has 0 fully saturated rings. The second-order valence-corrected chi connectivity index (χ2v) is 2.35. The first-order valence-electron chi connectivity index (χ1n) is 3.59. The Morgan fingerprint density at radius 3 is 2.82 bits per heavy atom. The molecule has 0 saturated heterocycles. The minimum atomic E-state index is -0.351. The van der Waals surface area contributed by atoms with Crippen LogP contribution in [0.2, 0.25) is 0 Å². The molecule has 1 N–H and O–H groups in total. The third-order valence-corrected chi connectivity index (χ3v) is 1.21. The summed E-state index contributed by atoms with van der Waals surface area (Å²) in [7, 11) is 1.33. The van der Waals surface area contributed by atoms with Gasteiger partial charge in [0.1, 0.15) is 0 Å². The SMILES string of the molecule is COC(=O)/C=C/CCC(C)O. The topological polar surface area (TPSA) is 46.5 Å². The van der Waals surface area contributed by atoms with Crippen molar-refractivity contribution in [3.05, 3.63) is 12.2 Å². The Morgan fingerprint density at radius 1 is 1.73 bits per heavy atom. The Balaban J connectivity index is 3.37. The molecule has 1 atom stereocenters. The monoisotopic (exact) mass is 158 g/mol. The first-order chi connectivity index (χ1) is 5.16. The summed E-state index contributed by atoms with van der Waals surface area (Å²) in [5.74, 6) is -0.351. The molecule has 1 unspecified atom stereocenters. The van der Waals surface area contributed by atoms with E-state index in [9.17, 15) is 4.79 Å². The van der Waals surface area contributed by atoms with Gasteiger partial charge >= 0.3 is 5.97 Å². The summed E-state index contributed by atoms with van der Waals surface area (Å²) in [5.41, 5.74) is 0. The predicted molar refractivity (Wildman–Crippen MR) is 42.1 cm³/mol. The highest BCUT2D eigenvalue weighted by atomic mass is 16.5. The van der Waals surface area contributed by atoms with E-state index >= 15 is 0 Å². The number of carbonyl (C=O) groups is 1. The normalized spacial score (nSPS) is 13.4. The number of aliphatic hydroxyl groups excluding tert-OH is 1. The fourth-order valence-electron chi connectivity index (χ4n) is 0.585. The highest BCUT2D eigenvalue weighted by Gasteiger charge is 1.93. The molecule has 0 radical (unpaired) electrons. The highest BCUT2D eigenvalue weighted by Crippen LogP contribution is 1.96. The largest absolute Gasteiger partial charge is 0.466 e. The average molecular weight is 158 g/mol. The molecule has 0 heterocycles. The predicted octanol–water partition coefficient (Wildman–Crippen LogP) is 0.877. The van der Waals surface area contributed by atoms with E-state index in [1.807, 2.05) is 0 Å². The van der Waals surface area contributed by atoms with Crippen LogP contribution in [-0.2, 0) is 9.53 Å². The van der Waals surface area contributed by atoms with E-state index < -0.39 is 0 Å². The summed E-state index contributed by atoms with van der Waals surface area (Å²) >= 11 is 0. The lowest BCUT2D eigenvalue weighted by Crippen LogP contribution is -1.98. The number of allylic oxidation sites excluding steroid dienone is 1. The summed E-state index contributed by atoms with van der Waals surface area (Å²) in [4.78, 5) is 10.5. The van der Waals surface area contributed by atoms with Crippen molar-refractivity contribution >= 4 is 5.97 Å². The van der Waals surface area contributed by atoms with Gasteiger partial charge in [0.05, 0.1) is 13.2 Å². The minimum absolute atomic E-state index is 0.308. The maximum Gasteiger partial charge on any atom is 0.330 e. The molecule has 0 aliphatic carbocycles. The molecule has 0 saturated carbocycles. The number of carbonyl (C=O) groups excluding carboxylic acids is 1. The Kier molecular flexibility index (Phi) is 5.47. The number of esters is 1. The molecule has 0 aromatic carbocycles. The summed E-state index contributed by atoms with van der Waals surface area (Å²) in [6, 6.07) is 0. The van der Waals surface area contributed by atoms with Crippen molar-refractivity contribution in [3.63, 3.8) is 0 Å². The lowest BCUT2D eigenvalue weighted by atomic mass is 10.2. The van der Waals surface area contributed by atoms with Gasteiger partial charge in [0.2, 0.25) is 0 Å². The van der Waals surface area contributed by atoms with Gasteiger partial charge in [-0.2, -0.15) is 0 Å². The summed E-state index contributed by atoms with van der Waals surface area (Å²) in [5, 5.41) is 8.82. The fraction of sp³-hybridized carbons (Fsp3) is 0.625. The van der Waals surface area contributed by atoms with E-state index in [0.29, 0.717) is 12.8 Å².